The van der Waals surface area contributed by atoms with E-state index >= 15 is 0 Å². The fourth-order valence-corrected chi connectivity index (χ4v) is 5.52. The number of aliphatic hydroxyl groups is 2. The summed E-state index contributed by atoms with van der Waals surface area (Å²) >= 11 is 0. The summed E-state index contributed by atoms with van der Waals surface area (Å²) in [6.07, 6.45) is -0.0308. The van der Waals surface area contributed by atoms with Crippen LogP contribution in [0.15, 0.2) is 58.3 Å². The van der Waals surface area contributed by atoms with Crippen molar-refractivity contribution in [3.05, 3.63) is 59.7 Å². The van der Waals surface area contributed by atoms with Gasteiger partial charge in [0.1, 0.15) is 0 Å². The molecule has 32 heavy (non-hydrogen) atoms. The first-order valence-corrected chi connectivity index (χ1v) is 12.9. The molecule has 0 radical (unpaired) electrons. The Morgan fingerprint density at radius 3 is 1.41 bits per heavy atom. The van der Waals surface area contributed by atoms with Crippen molar-refractivity contribution in [2.24, 2.45) is 0 Å². The molecule has 4 N–H and O–H groups in total. The van der Waals surface area contributed by atoms with Gasteiger partial charge in [-0.15, -0.1) is 0 Å². The Kier molecular flexibility index (Phi) is 10.6. The van der Waals surface area contributed by atoms with Crippen LogP contribution in [-0.4, -0.2) is 46.3 Å². The van der Waals surface area contributed by atoms with Crippen molar-refractivity contribution in [3.63, 3.8) is 0 Å². The van der Waals surface area contributed by atoms with Gasteiger partial charge in [-0.25, -0.2) is 0 Å². The Bertz CT molecular complexity index is 832. The topological polar surface area (TPSA) is 98.7 Å². The van der Waals surface area contributed by atoms with E-state index in [-0.39, 0.29) is 23.9 Å². The maximum Gasteiger partial charge on any atom is 0.252 e. The Morgan fingerprint density at radius 2 is 1.09 bits per heavy atom. The van der Waals surface area contributed by atoms with Gasteiger partial charge in [0.25, 0.3) is 11.8 Å². The van der Waals surface area contributed by atoms with Gasteiger partial charge in [0, 0.05) is 9.79 Å². The van der Waals surface area contributed by atoms with Gasteiger partial charge < -0.3 is 20.8 Å². The van der Waals surface area contributed by atoms with Gasteiger partial charge in [0.15, 0.2) is 0 Å². The van der Waals surface area contributed by atoms with Crippen molar-refractivity contribution in [2.75, 3.05) is 0 Å². The zero-order valence-electron chi connectivity index (χ0n) is 18.9. The van der Waals surface area contributed by atoms with E-state index in [0.29, 0.717) is 24.0 Å². The number of amides is 2. The maximum atomic E-state index is 12.8. The molecular formula is C24H32N2O4S2. The molecule has 0 aromatic heterocycles. The average Bonchev–Trinajstić information content (AvgIpc) is 2.79. The zero-order valence-corrected chi connectivity index (χ0v) is 20.5. The lowest BCUT2D eigenvalue weighted by Crippen LogP contribution is -2.41. The molecule has 0 aliphatic heterocycles. The van der Waals surface area contributed by atoms with Crippen LogP contribution in [0, 0.1) is 0 Å². The molecule has 174 valence electrons. The molecule has 4 unspecified atom stereocenters. The summed E-state index contributed by atoms with van der Waals surface area (Å²) in [4.78, 5) is 27.2. The first kappa shape index (κ1) is 26.3. The first-order valence-electron chi connectivity index (χ1n) is 10.8. The fraction of sp³-hybridized carbons (Fsp3) is 0.417. The van der Waals surface area contributed by atoms with Gasteiger partial charge in [-0.2, -0.15) is 0 Å². The van der Waals surface area contributed by atoms with E-state index in [1.54, 1.807) is 38.1 Å². The molecule has 4 atom stereocenters. The molecule has 2 rings (SSSR count). The van der Waals surface area contributed by atoms with Gasteiger partial charge >= 0.3 is 0 Å². The van der Waals surface area contributed by atoms with Crippen LogP contribution in [0.2, 0.25) is 0 Å². The highest BCUT2D eigenvalue weighted by molar-refractivity contribution is 8.76. The highest BCUT2D eigenvalue weighted by Crippen LogP contribution is 2.40. The van der Waals surface area contributed by atoms with E-state index in [0.717, 1.165) is 9.79 Å². The molecule has 2 aromatic rings. The predicted molar refractivity (Wildman–Crippen MR) is 131 cm³/mol. The molecule has 0 saturated carbocycles. The fourth-order valence-electron chi connectivity index (χ4n) is 3.16. The van der Waals surface area contributed by atoms with Gasteiger partial charge in [0.2, 0.25) is 0 Å². The molecule has 0 fully saturated rings. The van der Waals surface area contributed by atoms with Crippen LogP contribution >= 0.6 is 21.6 Å². The molecule has 0 aliphatic rings. The summed E-state index contributed by atoms with van der Waals surface area (Å²) in [7, 11) is 2.80. The maximum absolute atomic E-state index is 12.8. The number of aliphatic hydroxyl groups excluding tert-OH is 2. The molecule has 2 aromatic carbocycles. The second kappa shape index (κ2) is 12.9. The van der Waals surface area contributed by atoms with Crippen LogP contribution in [0.25, 0.3) is 0 Å². The monoisotopic (exact) mass is 476 g/mol. The number of hydrogen-bond donors (Lipinski definition) is 4. The van der Waals surface area contributed by atoms with Crippen LogP contribution < -0.4 is 10.6 Å². The smallest absolute Gasteiger partial charge is 0.252 e. The molecular weight excluding hydrogens is 444 g/mol. The van der Waals surface area contributed by atoms with E-state index in [1.807, 2.05) is 38.1 Å². The third-order valence-corrected chi connectivity index (χ3v) is 7.64. The molecule has 2 amide bonds. The molecule has 6 nitrogen and oxygen atoms in total. The molecule has 0 heterocycles. The Labute approximate surface area is 198 Å². The van der Waals surface area contributed by atoms with E-state index in [1.165, 1.54) is 21.6 Å². The van der Waals surface area contributed by atoms with E-state index < -0.39 is 12.2 Å². The highest BCUT2D eigenvalue weighted by Gasteiger charge is 2.21. The number of carbonyl (C=O) groups excluding carboxylic acids is 2. The highest BCUT2D eigenvalue weighted by atomic mass is 33.1. The largest absolute Gasteiger partial charge is 0.391 e. The third kappa shape index (κ3) is 7.27. The van der Waals surface area contributed by atoms with E-state index in [4.69, 9.17) is 0 Å². The standard InChI is InChI=1S/C24H32N2O4S2/c1-5-19(15(3)27)25-23(29)17-11-7-9-13-21(17)31-32-22-14-10-8-12-18(22)24(30)26-20(6-2)16(4)28/h7-16,19-20,27-28H,5-6H2,1-4H3,(H,25,29)(H,26,30). The second-order valence-electron chi connectivity index (χ2n) is 7.62. The molecule has 0 saturated heterocycles. The van der Waals surface area contributed by atoms with Crippen molar-refractivity contribution in [1.82, 2.24) is 10.6 Å². The summed E-state index contributed by atoms with van der Waals surface area (Å²) in [6.45, 7) is 7.15. The number of rotatable bonds is 11. The summed E-state index contributed by atoms with van der Waals surface area (Å²) < 4.78 is 0. The normalized spacial score (nSPS) is 14.8. The van der Waals surface area contributed by atoms with Crippen LogP contribution in [-0.2, 0) is 0 Å². The molecule has 0 bridgehead atoms. The summed E-state index contributed by atoms with van der Waals surface area (Å²) in [5.74, 6) is -0.481. The van der Waals surface area contributed by atoms with Crippen molar-refractivity contribution >= 4 is 33.4 Å². The quantitative estimate of drug-likeness (QED) is 0.362. The summed E-state index contributed by atoms with van der Waals surface area (Å²) in [6, 6.07) is 13.9. The second-order valence-corrected chi connectivity index (χ2v) is 9.83. The Hall–Kier alpha value is -2.00. The lowest BCUT2D eigenvalue weighted by Gasteiger charge is -2.21. The molecule has 8 heteroatoms. The van der Waals surface area contributed by atoms with Crippen LogP contribution in [0.1, 0.15) is 61.3 Å². The van der Waals surface area contributed by atoms with Crippen LogP contribution in [0.4, 0.5) is 0 Å². The van der Waals surface area contributed by atoms with Crippen molar-refractivity contribution in [1.29, 1.82) is 0 Å². The summed E-state index contributed by atoms with van der Waals surface area (Å²) in [5.41, 5.74) is 1.04. The first-order chi connectivity index (χ1) is 15.3. The molecule has 0 spiro atoms. The number of nitrogens with one attached hydrogen (secondary N) is 2. The van der Waals surface area contributed by atoms with Crippen LogP contribution in [0.3, 0.4) is 0 Å². The number of benzene rings is 2. The van der Waals surface area contributed by atoms with Crippen molar-refractivity contribution in [3.8, 4) is 0 Å². The van der Waals surface area contributed by atoms with Gasteiger partial charge in [-0.05, 0) is 51.0 Å². The lowest BCUT2D eigenvalue weighted by atomic mass is 10.1. The van der Waals surface area contributed by atoms with Crippen molar-refractivity contribution < 1.29 is 19.8 Å². The predicted octanol–water partition coefficient (Wildman–Crippen LogP) is 4.26. The molecule has 0 aliphatic carbocycles. The zero-order chi connectivity index (χ0) is 23.7. The SMILES string of the molecule is CCC(NC(=O)c1ccccc1SSc1ccccc1C(=O)NC(CC)C(C)O)C(C)O. The Balaban J connectivity index is 2.17. The minimum Gasteiger partial charge on any atom is -0.391 e. The van der Waals surface area contributed by atoms with Crippen LogP contribution in [0.5, 0.6) is 0 Å². The van der Waals surface area contributed by atoms with E-state index in [2.05, 4.69) is 10.6 Å². The third-order valence-electron chi connectivity index (χ3n) is 5.16. The van der Waals surface area contributed by atoms with Crippen molar-refractivity contribution in [2.45, 2.75) is 74.6 Å². The van der Waals surface area contributed by atoms with Gasteiger partial charge in [0.05, 0.1) is 35.4 Å². The minimum atomic E-state index is -0.642. The van der Waals surface area contributed by atoms with Gasteiger partial charge in [-0.3, -0.25) is 9.59 Å². The minimum absolute atomic E-state index is 0.241. The average molecular weight is 477 g/mol. The summed E-state index contributed by atoms with van der Waals surface area (Å²) in [5, 5.41) is 25.5. The number of carbonyl (C=O) groups is 2. The van der Waals surface area contributed by atoms with E-state index in [9.17, 15) is 19.8 Å². The Morgan fingerprint density at radius 1 is 0.750 bits per heavy atom. The van der Waals surface area contributed by atoms with Gasteiger partial charge in [-0.1, -0.05) is 59.7 Å². The lowest BCUT2D eigenvalue weighted by molar-refractivity contribution is 0.0847. The number of hydrogen-bond acceptors (Lipinski definition) is 6.